The molecule has 2 rings (SSSR count). The number of hydrogen-bond donors (Lipinski definition) is 1. The molecule has 0 radical (unpaired) electrons. The standard InChI is InChI=1S/C18H22N2OS/c1-20(2)15-10-8-14(9-11-15)12-13-19-18(21)16-6-4-5-7-17(16)22-3/h4-11H,12-13H2,1-3H3,(H,19,21). The number of anilines is 1. The van der Waals surface area contributed by atoms with E-state index in [-0.39, 0.29) is 5.91 Å². The normalized spacial score (nSPS) is 10.3. The molecule has 0 aliphatic heterocycles. The second kappa shape index (κ2) is 7.90. The summed E-state index contributed by atoms with van der Waals surface area (Å²) in [5.41, 5.74) is 3.16. The lowest BCUT2D eigenvalue weighted by atomic mass is 10.1. The summed E-state index contributed by atoms with van der Waals surface area (Å²) in [5, 5.41) is 3.00. The van der Waals surface area contributed by atoms with E-state index in [0.29, 0.717) is 6.54 Å². The number of benzene rings is 2. The minimum absolute atomic E-state index is 0.00476. The van der Waals surface area contributed by atoms with Crippen molar-refractivity contribution in [3.63, 3.8) is 0 Å². The highest BCUT2D eigenvalue weighted by Gasteiger charge is 2.09. The third-order valence-corrected chi connectivity index (χ3v) is 4.30. The predicted octanol–water partition coefficient (Wildman–Crippen LogP) is 3.45. The van der Waals surface area contributed by atoms with Gasteiger partial charge in [-0.25, -0.2) is 0 Å². The van der Waals surface area contributed by atoms with Gasteiger partial charge >= 0.3 is 0 Å². The van der Waals surface area contributed by atoms with Gasteiger partial charge in [0, 0.05) is 31.2 Å². The van der Waals surface area contributed by atoms with Gasteiger partial charge in [-0.3, -0.25) is 4.79 Å². The van der Waals surface area contributed by atoms with E-state index in [9.17, 15) is 4.79 Å². The monoisotopic (exact) mass is 314 g/mol. The molecule has 2 aromatic rings. The van der Waals surface area contributed by atoms with Crippen LogP contribution in [0.1, 0.15) is 15.9 Å². The first-order valence-corrected chi connectivity index (χ1v) is 8.52. The summed E-state index contributed by atoms with van der Waals surface area (Å²) in [6.45, 7) is 0.642. The fraction of sp³-hybridized carbons (Fsp3) is 0.278. The highest BCUT2D eigenvalue weighted by Crippen LogP contribution is 2.19. The highest BCUT2D eigenvalue weighted by atomic mass is 32.2. The quantitative estimate of drug-likeness (QED) is 0.829. The van der Waals surface area contributed by atoms with E-state index in [1.807, 2.05) is 44.6 Å². The molecule has 0 spiro atoms. The minimum atomic E-state index is -0.00476. The van der Waals surface area contributed by atoms with Gasteiger partial charge in [-0.05, 0) is 42.5 Å². The molecule has 0 aliphatic rings. The molecule has 0 aromatic heterocycles. The van der Waals surface area contributed by atoms with Crippen molar-refractivity contribution in [3.8, 4) is 0 Å². The van der Waals surface area contributed by atoms with Crippen LogP contribution in [0.2, 0.25) is 0 Å². The van der Waals surface area contributed by atoms with Gasteiger partial charge in [0.25, 0.3) is 5.91 Å². The van der Waals surface area contributed by atoms with Crippen LogP contribution in [0, 0.1) is 0 Å². The van der Waals surface area contributed by atoms with Gasteiger partial charge in [0.15, 0.2) is 0 Å². The van der Waals surface area contributed by atoms with Crippen LogP contribution in [-0.4, -0.2) is 32.8 Å². The number of amides is 1. The van der Waals surface area contributed by atoms with E-state index in [4.69, 9.17) is 0 Å². The van der Waals surface area contributed by atoms with Crippen LogP contribution >= 0.6 is 11.8 Å². The van der Waals surface area contributed by atoms with Gasteiger partial charge < -0.3 is 10.2 Å². The van der Waals surface area contributed by atoms with Crippen molar-refractivity contribution in [1.29, 1.82) is 0 Å². The second-order valence-corrected chi connectivity index (χ2v) is 6.12. The Bertz CT molecular complexity index is 623. The lowest BCUT2D eigenvalue weighted by Gasteiger charge is -2.13. The van der Waals surface area contributed by atoms with Gasteiger partial charge in [-0.2, -0.15) is 0 Å². The van der Waals surface area contributed by atoms with Crippen molar-refractivity contribution in [1.82, 2.24) is 5.32 Å². The van der Waals surface area contributed by atoms with E-state index < -0.39 is 0 Å². The fourth-order valence-corrected chi connectivity index (χ4v) is 2.80. The van der Waals surface area contributed by atoms with Crippen molar-refractivity contribution < 1.29 is 4.79 Å². The third kappa shape index (κ3) is 4.28. The van der Waals surface area contributed by atoms with Crippen molar-refractivity contribution in [2.45, 2.75) is 11.3 Å². The topological polar surface area (TPSA) is 32.3 Å². The zero-order chi connectivity index (χ0) is 15.9. The minimum Gasteiger partial charge on any atom is -0.378 e. The molecule has 0 bridgehead atoms. The van der Waals surface area contributed by atoms with Crippen LogP contribution < -0.4 is 10.2 Å². The number of carbonyl (C=O) groups is 1. The Balaban J connectivity index is 1.89. The van der Waals surface area contributed by atoms with Crippen LogP contribution in [0.25, 0.3) is 0 Å². The number of hydrogen-bond acceptors (Lipinski definition) is 3. The molecule has 0 unspecified atom stereocenters. The number of nitrogens with one attached hydrogen (secondary N) is 1. The van der Waals surface area contributed by atoms with Gasteiger partial charge in [0.2, 0.25) is 0 Å². The summed E-state index contributed by atoms with van der Waals surface area (Å²) in [4.78, 5) is 15.3. The van der Waals surface area contributed by atoms with Gasteiger partial charge in [0.05, 0.1) is 5.56 Å². The lowest BCUT2D eigenvalue weighted by molar-refractivity contribution is 0.0951. The smallest absolute Gasteiger partial charge is 0.252 e. The molecule has 3 nitrogen and oxygen atoms in total. The Morgan fingerprint density at radius 1 is 1.09 bits per heavy atom. The Labute approximate surface area is 136 Å². The summed E-state index contributed by atoms with van der Waals surface area (Å²) in [6, 6.07) is 16.1. The highest BCUT2D eigenvalue weighted by molar-refractivity contribution is 7.98. The van der Waals surface area contributed by atoms with Crippen molar-refractivity contribution in [2.24, 2.45) is 0 Å². The average molecular weight is 314 g/mol. The maximum Gasteiger partial charge on any atom is 0.252 e. The fourth-order valence-electron chi connectivity index (χ4n) is 2.21. The van der Waals surface area contributed by atoms with E-state index >= 15 is 0 Å². The summed E-state index contributed by atoms with van der Waals surface area (Å²) < 4.78 is 0. The summed E-state index contributed by atoms with van der Waals surface area (Å²) in [5.74, 6) is -0.00476. The Morgan fingerprint density at radius 3 is 2.41 bits per heavy atom. The Morgan fingerprint density at radius 2 is 1.77 bits per heavy atom. The lowest BCUT2D eigenvalue weighted by Crippen LogP contribution is -2.26. The number of thioether (sulfide) groups is 1. The maximum absolute atomic E-state index is 12.2. The molecule has 1 amide bonds. The largest absolute Gasteiger partial charge is 0.378 e. The molecule has 4 heteroatoms. The number of rotatable bonds is 6. The van der Waals surface area contributed by atoms with Crippen LogP contribution in [0.15, 0.2) is 53.4 Å². The average Bonchev–Trinajstić information content (AvgIpc) is 2.55. The van der Waals surface area contributed by atoms with Crippen LogP contribution in [0.5, 0.6) is 0 Å². The maximum atomic E-state index is 12.2. The molecule has 0 saturated carbocycles. The SMILES string of the molecule is CSc1ccccc1C(=O)NCCc1ccc(N(C)C)cc1. The molecule has 0 saturated heterocycles. The molecule has 0 atom stereocenters. The van der Waals surface area contributed by atoms with Crippen molar-refractivity contribution in [2.75, 3.05) is 31.8 Å². The first-order valence-electron chi connectivity index (χ1n) is 7.29. The number of nitrogens with zero attached hydrogens (tertiary/aromatic N) is 1. The van der Waals surface area contributed by atoms with E-state index in [2.05, 4.69) is 34.5 Å². The van der Waals surface area contributed by atoms with Crippen LogP contribution in [0.3, 0.4) is 0 Å². The Hall–Kier alpha value is -1.94. The van der Waals surface area contributed by atoms with E-state index in [1.54, 1.807) is 11.8 Å². The first kappa shape index (κ1) is 16.4. The number of carbonyl (C=O) groups excluding carboxylic acids is 1. The molecule has 0 aliphatic carbocycles. The van der Waals surface area contributed by atoms with E-state index in [0.717, 1.165) is 16.9 Å². The summed E-state index contributed by atoms with van der Waals surface area (Å²) >= 11 is 1.59. The van der Waals surface area contributed by atoms with Gasteiger partial charge in [-0.15, -0.1) is 11.8 Å². The summed E-state index contributed by atoms with van der Waals surface area (Å²) in [7, 11) is 4.05. The van der Waals surface area contributed by atoms with Crippen molar-refractivity contribution in [3.05, 3.63) is 59.7 Å². The zero-order valence-corrected chi connectivity index (χ0v) is 14.1. The van der Waals surface area contributed by atoms with Crippen molar-refractivity contribution >= 4 is 23.4 Å². The molecule has 2 aromatic carbocycles. The van der Waals surface area contributed by atoms with Gasteiger partial charge in [0.1, 0.15) is 0 Å². The predicted molar refractivity (Wildman–Crippen MR) is 95.0 cm³/mol. The third-order valence-electron chi connectivity index (χ3n) is 3.50. The molecule has 116 valence electrons. The summed E-state index contributed by atoms with van der Waals surface area (Å²) in [6.07, 6.45) is 2.82. The molecule has 0 heterocycles. The molecular formula is C18H22N2OS. The van der Waals surface area contributed by atoms with Crippen LogP contribution in [0.4, 0.5) is 5.69 Å². The Kier molecular flexibility index (Phi) is 5.90. The molecule has 1 N–H and O–H groups in total. The molecule has 0 fully saturated rings. The first-order chi connectivity index (χ1) is 10.6. The van der Waals surface area contributed by atoms with Crippen LogP contribution in [-0.2, 0) is 6.42 Å². The second-order valence-electron chi connectivity index (χ2n) is 5.27. The molecular weight excluding hydrogens is 292 g/mol. The molecule has 22 heavy (non-hydrogen) atoms. The zero-order valence-electron chi connectivity index (χ0n) is 13.3. The van der Waals surface area contributed by atoms with Gasteiger partial charge in [-0.1, -0.05) is 24.3 Å². The van der Waals surface area contributed by atoms with E-state index in [1.165, 1.54) is 11.3 Å².